The summed E-state index contributed by atoms with van der Waals surface area (Å²) in [5.74, 6) is 0.0874. The first-order valence-electron chi connectivity index (χ1n) is 8.49. The fourth-order valence-electron chi connectivity index (χ4n) is 3.07. The van der Waals surface area contributed by atoms with Gasteiger partial charge in [-0.25, -0.2) is 0 Å². The van der Waals surface area contributed by atoms with E-state index in [0.29, 0.717) is 24.6 Å². The molecule has 0 aliphatic carbocycles. The molecule has 2 aromatic carbocycles. The van der Waals surface area contributed by atoms with Crippen molar-refractivity contribution in [2.75, 3.05) is 23.4 Å². The molecule has 2 aromatic rings. The Balaban J connectivity index is 1.72. The highest BCUT2D eigenvalue weighted by Crippen LogP contribution is 2.30. The van der Waals surface area contributed by atoms with Crippen LogP contribution in [-0.4, -0.2) is 25.0 Å². The zero-order valence-electron chi connectivity index (χ0n) is 14.5. The van der Waals surface area contributed by atoms with Gasteiger partial charge in [0.05, 0.1) is 18.2 Å². The summed E-state index contributed by atoms with van der Waals surface area (Å²) < 4.78 is 5.54. The molecule has 1 atom stereocenters. The average Bonchev–Trinajstić information content (AvgIpc) is 2.99. The van der Waals surface area contributed by atoms with Crippen molar-refractivity contribution in [2.45, 2.75) is 20.3 Å². The van der Waals surface area contributed by atoms with Crippen molar-refractivity contribution in [3.8, 4) is 5.75 Å². The lowest BCUT2D eigenvalue weighted by Crippen LogP contribution is -2.28. The third kappa shape index (κ3) is 3.65. The topological polar surface area (TPSA) is 58.6 Å². The van der Waals surface area contributed by atoms with Crippen molar-refractivity contribution >= 4 is 23.2 Å². The summed E-state index contributed by atoms with van der Waals surface area (Å²) in [5.41, 5.74) is 2.53. The number of anilines is 2. The molecule has 3 rings (SSSR count). The normalized spacial score (nSPS) is 16.8. The summed E-state index contributed by atoms with van der Waals surface area (Å²) in [7, 11) is 0. The Morgan fingerprint density at radius 1 is 1.20 bits per heavy atom. The van der Waals surface area contributed by atoms with Gasteiger partial charge in [-0.1, -0.05) is 30.3 Å². The molecule has 0 saturated carbocycles. The molecule has 5 heteroatoms. The van der Waals surface area contributed by atoms with Gasteiger partial charge in [0.2, 0.25) is 11.8 Å². The number of carbonyl (C=O) groups excluding carboxylic acids is 2. The lowest BCUT2D eigenvalue weighted by molar-refractivity contribution is -0.122. The Bertz CT molecular complexity index is 788. The highest BCUT2D eigenvalue weighted by molar-refractivity contribution is 6.04. The number of hydrogen-bond donors (Lipinski definition) is 1. The molecule has 1 saturated heterocycles. The molecule has 2 amide bonds. The second-order valence-electron chi connectivity index (χ2n) is 6.11. The predicted molar refractivity (Wildman–Crippen MR) is 97.9 cm³/mol. The SMILES string of the molecule is CCOc1ccccc1NC(=O)C1CC(=O)N(c2ccccc2C)C1. The number of carbonyl (C=O) groups is 2. The molecular weight excluding hydrogens is 316 g/mol. The molecular formula is C20H22N2O3. The van der Waals surface area contributed by atoms with Crippen LogP contribution in [0.4, 0.5) is 11.4 Å². The standard InChI is InChI=1S/C20H22N2O3/c1-3-25-18-11-7-5-9-16(18)21-20(24)15-12-19(23)22(13-15)17-10-6-4-8-14(17)2/h4-11,15H,3,12-13H2,1-2H3,(H,21,24). The first-order chi connectivity index (χ1) is 12.1. The van der Waals surface area contributed by atoms with Crippen LogP contribution in [0.1, 0.15) is 18.9 Å². The van der Waals surface area contributed by atoms with Crippen LogP contribution in [0.5, 0.6) is 5.75 Å². The Hall–Kier alpha value is -2.82. The predicted octanol–water partition coefficient (Wildman–Crippen LogP) is 3.39. The number of para-hydroxylation sites is 3. The second kappa shape index (κ2) is 7.38. The largest absolute Gasteiger partial charge is 0.492 e. The molecule has 1 heterocycles. The molecule has 0 bridgehead atoms. The fourth-order valence-corrected chi connectivity index (χ4v) is 3.07. The van der Waals surface area contributed by atoms with E-state index in [4.69, 9.17) is 4.74 Å². The third-order valence-electron chi connectivity index (χ3n) is 4.35. The Labute approximate surface area is 147 Å². The van der Waals surface area contributed by atoms with E-state index in [-0.39, 0.29) is 24.2 Å². The van der Waals surface area contributed by atoms with Gasteiger partial charge in [0.25, 0.3) is 0 Å². The summed E-state index contributed by atoms with van der Waals surface area (Å²) in [5, 5.41) is 2.90. The maximum Gasteiger partial charge on any atom is 0.229 e. The van der Waals surface area contributed by atoms with Crippen molar-refractivity contribution in [1.82, 2.24) is 0 Å². The number of nitrogens with one attached hydrogen (secondary N) is 1. The highest BCUT2D eigenvalue weighted by atomic mass is 16.5. The van der Waals surface area contributed by atoms with Gasteiger partial charge < -0.3 is 15.0 Å². The molecule has 1 N–H and O–H groups in total. The van der Waals surface area contributed by atoms with Crippen LogP contribution in [0.25, 0.3) is 0 Å². The van der Waals surface area contributed by atoms with Crippen molar-refractivity contribution in [3.63, 3.8) is 0 Å². The lowest BCUT2D eigenvalue weighted by atomic mass is 10.1. The van der Waals surface area contributed by atoms with Gasteiger partial charge in [-0.15, -0.1) is 0 Å². The van der Waals surface area contributed by atoms with E-state index in [2.05, 4.69) is 5.32 Å². The maximum absolute atomic E-state index is 12.6. The molecule has 130 valence electrons. The van der Waals surface area contributed by atoms with Crippen LogP contribution in [0, 0.1) is 12.8 Å². The van der Waals surface area contributed by atoms with Crippen LogP contribution in [-0.2, 0) is 9.59 Å². The van der Waals surface area contributed by atoms with Crippen molar-refractivity contribution < 1.29 is 14.3 Å². The van der Waals surface area contributed by atoms with E-state index in [9.17, 15) is 9.59 Å². The minimum Gasteiger partial charge on any atom is -0.492 e. The Morgan fingerprint density at radius 2 is 1.92 bits per heavy atom. The van der Waals surface area contributed by atoms with E-state index in [1.807, 2.05) is 56.3 Å². The van der Waals surface area contributed by atoms with Gasteiger partial charge in [0.15, 0.2) is 0 Å². The van der Waals surface area contributed by atoms with Crippen molar-refractivity contribution in [3.05, 3.63) is 54.1 Å². The zero-order chi connectivity index (χ0) is 17.8. The van der Waals surface area contributed by atoms with Crippen molar-refractivity contribution in [2.24, 2.45) is 5.92 Å². The van der Waals surface area contributed by atoms with E-state index in [1.165, 1.54) is 0 Å². The van der Waals surface area contributed by atoms with E-state index >= 15 is 0 Å². The first kappa shape index (κ1) is 17.0. The number of ether oxygens (including phenoxy) is 1. The van der Waals surface area contributed by atoms with Crippen LogP contribution < -0.4 is 15.0 Å². The summed E-state index contributed by atoms with van der Waals surface area (Å²) in [4.78, 5) is 26.7. The minimum atomic E-state index is -0.373. The molecule has 5 nitrogen and oxygen atoms in total. The van der Waals surface area contributed by atoms with E-state index < -0.39 is 0 Å². The van der Waals surface area contributed by atoms with Gasteiger partial charge in [0, 0.05) is 18.7 Å². The summed E-state index contributed by atoms with van der Waals surface area (Å²) in [6.07, 6.45) is 0.219. The highest BCUT2D eigenvalue weighted by Gasteiger charge is 2.35. The number of hydrogen-bond acceptors (Lipinski definition) is 3. The van der Waals surface area contributed by atoms with Gasteiger partial charge in [-0.05, 0) is 37.6 Å². The summed E-state index contributed by atoms with van der Waals surface area (Å²) >= 11 is 0. The zero-order valence-corrected chi connectivity index (χ0v) is 14.5. The van der Waals surface area contributed by atoms with E-state index in [1.54, 1.807) is 11.0 Å². The number of rotatable bonds is 5. The average molecular weight is 338 g/mol. The second-order valence-corrected chi connectivity index (χ2v) is 6.11. The molecule has 1 aliphatic rings. The van der Waals surface area contributed by atoms with Crippen molar-refractivity contribution in [1.29, 1.82) is 0 Å². The minimum absolute atomic E-state index is 0.0208. The number of amides is 2. The quantitative estimate of drug-likeness (QED) is 0.909. The molecule has 0 aromatic heterocycles. The molecule has 0 radical (unpaired) electrons. The lowest BCUT2D eigenvalue weighted by Gasteiger charge is -2.19. The molecule has 25 heavy (non-hydrogen) atoms. The van der Waals surface area contributed by atoms with Crippen LogP contribution in [0.2, 0.25) is 0 Å². The Morgan fingerprint density at radius 3 is 2.68 bits per heavy atom. The maximum atomic E-state index is 12.6. The van der Waals surface area contributed by atoms with Gasteiger partial charge >= 0.3 is 0 Å². The van der Waals surface area contributed by atoms with Gasteiger partial charge in [-0.3, -0.25) is 9.59 Å². The molecule has 0 spiro atoms. The summed E-state index contributed by atoms with van der Waals surface area (Å²) in [6.45, 7) is 4.78. The fraction of sp³-hybridized carbons (Fsp3) is 0.300. The van der Waals surface area contributed by atoms with Gasteiger partial charge in [0.1, 0.15) is 5.75 Å². The van der Waals surface area contributed by atoms with Crippen LogP contribution >= 0.6 is 0 Å². The molecule has 1 unspecified atom stereocenters. The number of nitrogens with zero attached hydrogens (tertiary/aromatic N) is 1. The smallest absolute Gasteiger partial charge is 0.229 e. The third-order valence-corrected chi connectivity index (χ3v) is 4.35. The molecule has 1 aliphatic heterocycles. The number of aryl methyl sites for hydroxylation is 1. The van der Waals surface area contributed by atoms with Gasteiger partial charge in [-0.2, -0.15) is 0 Å². The Kier molecular flexibility index (Phi) is 5.03. The number of benzene rings is 2. The van der Waals surface area contributed by atoms with Crippen LogP contribution in [0.3, 0.4) is 0 Å². The monoisotopic (exact) mass is 338 g/mol. The first-order valence-corrected chi connectivity index (χ1v) is 8.49. The summed E-state index contributed by atoms with van der Waals surface area (Å²) in [6, 6.07) is 15.1. The van der Waals surface area contributed by atoms with Crippen LogP contribution in [0.15, 0.2) is 48.5 Å². The van der Waals surface area contributed by atoms with E-state index in [0.717, 1.165) is 11.3 Å². The molecule has 1 fully saturated rings.